The van der Waals surface area contributed by atoms with Gasteiger partial charge in [0.15, 0.2) is 0 Å². The molecule has 1 amide bonds. The van der Waals surface area contributed by atoms with E-state index in [2.05, 4.69) is 20.0 Å². The van der Waals surface area contributed by atoms with Crippen molar-refractivity contribution in [2.45, 2.75) is 17.7 Å². The quantitative estimate of drug-likeness (QED) is 0.622. The number of rotatable bonds is 5. The highest BCUT2D eigenvalue weighted by atomic mass is 32.2. The Labute approximate surface area is 154 Å². The van der Waals surface area contributed by atoms with Gasteiger partial charge in [0.25, 0.3) is 15.6 Å². The van der Waals surface area contributed by atoms with Crippen LogP contribution in [0, 0.1) is 5.92 Å². The Hall–Kier alpha value is -3.20. The van der Waals surface area contributed by atoms with Crippen molar-refractivity contribution in [3.8, 4) is 0 Å². The standard InChI is InChI=1S/C18H16N4O4S/c23-17(11-1-2-11)21-12-3-5-13(6-4-12)22-27(25,26)14-7-8-16-15(9-14)18(24)20-10-19-16/h3-11,22H,1-2H2,(H,21,23)(H,19,20,24). The molecule has 0 unspecified atom stereocenters. The summed E-state index contributed by atoms with van der Waals surface area (Å²) in [5.41, 5.74) is 0.957. The van der Waals surface area contributed by atoms with E-state index in [-0.39, 0.29) is 22.1 Å². The van der Waals surface area contributed by atoms with E-state index in [0.717, 1.165) is 12.8 Å². The zero-order chi connectivity index (χ0) is 19.0. The highest BCUT2D eigenvalue weighted by Gasteiger charge is 2.29. The van der Waals surface area contributed by atoms with E-state index in [4.69, 9.17) is 0 Å². The first-order valence-corrected chi connectivity index (χ1v) is 9.82. The number of anilines is 2. The van der Waals surface area contributed by atoms with Gasteiger partial charge in [-0.25, -0.2) is 13.4 Å². The SMILES string of the molecule is O=C(Nc1ccc(NS(=O)(=O)c2ccc3nc[nH]c(=O)c3c2)cc1)C1CC1. The van der Waals surface area contributed by atoms with Gasteiger partial charge in [-0.3, -0.25) is 14.3 Å². The third kappa shape index (κ3) is 3.68. The monoisotopic (exact) mass is 384 g/mol. The van der Waals surface area contributed by atoms with Gasteiger partial charge in [-0.05, 0) is 55.3 Å². The second-order valence-electron chi connectivity index (χ2n) is 6.36. The van der Waals surface area contributed by atoms with Gasteiger partial charge in [0.1, 0.15) is 0 Å². The van der Waals surface area contributed by atoms with Crippen LogP contribution in [0.15, 0.2) is 58.5 Å². The molecule has 0 aliphatic heterocycles. The van der Waals surface area contributed by atoms with E-state index in [0.29, 0.717) is 16.9 Å². The Kier molecular flexibility index (Phi) is 4.15. The second-order valence-corrected chi connectivity index (χ2v) is 8.04. The average Bonchev–Trinajstić information content (AvgIpc) is 3.48. The van der Waals surface area contributed by atoms with Crippen molar-refractivity contribution < 1.29 is 13.2 Å². The molecule has 2 aromatic carbocycles. The molecule has 8 nitrogen and oxygen atoms in total. The maximum atomic E-state index is 12.6. The number of nitrogens with one attached hydrogen (secondary N) is 3. The van der Waals surface area contributed by atoms with Crippen molar-refractivity contribution in [1.82, 2.24) is 9.97 Å². The van der Waals surface area contributed by atoms with Gasteiger partial charge in [0.05, 0.1) is 22.1 Å². The lowest BCUT2D eigenvalue weighted by Crippen LogP contribution is -2.15. The molecule has 0 radical (unpaired) electrons. The van der Waals surface area contributed by atoms with Crippen LogP contribution in [-0.2, 0) is 14.8 Å². The molecule has 9 heteroatoms. The van der Waals surface area contributed by atoms with E-state index in [1.807, 2.05) is 0 Å². The largest absolute Gasteiger partial charge is 0.326 e. The Morgan fingerprint density at radius 1 is 1.07 bits per heavy atom. The predicted molar refractivity (Wildman–Crippen MR) is 101 cm³/mol. The summed E-state index contributed by atoms with van der Waals surface area (Å²) in [4.78, 5) is 30.0. The first kappa shape index (κ1) is 17.2. The van der Waals surface area contributed by atoms with Gasteiger partial charge >= 0.3 is 0 Å². The molecule has 3 N–H and O–H groups in total. The molecule has 3 aromatic rings. The van der Waals surface area contributed by atoms with Crippen molar-refractivity contribution in [2.75, 3.05) is 10.0 Å². The lowest BCUT2D eigenvalue weighted by atomic mass is 10.2. The number of hydrogen-bond acceptors (Lipinski definition) is 5. The highest BCUT2D eigenvalue weighted by Crippen LogP contribution is 2.30. The molecule has 0 spiro atoms. The maximum Gasteiger partial charge on any atom is 0.261 e. The van der Waals surface area contributed by atoms with E-state index >= 15 is 0 Å². The summed E-state index contributed by atoms with van der Waals surface area (Å²) in [6.07, 6.45) is 3.09. The summed E-state index contributed by atoms with van der Waals surface area (Å²) in [5.74, 6) is 0.0760. The molecule has 1 heterocycles. The third-order valence-electron chi connectivity index (χ3n) is 4.28. The van der Waals surface area contributed by atoms with Gasteiger partial charge in [-0.15, -0.1) is 0 Å². The van der Waals surface area contributed by atoms with Crippen LogP contribution in [-0.4, -0.2) is 24.3 Å². The molecule has 1 fully saturated rings. The fraction of sp³-hybridized carbons (Fsp3) is 0.167. The fourth-order valence-corrected chi connectivity index (χ4v) is 3.72. The summed E-state index contributed by atoms with van der Waals surface area (Å²) < 4.78 is 27.7. The van der Waals surface area contributed by atoms with Crippen molar-refractivity contribution in [3.05, 3.63) is 59.1 Å². The zero-order valence-electron chi connectivity index (χ0n) is 14.1. The Balaban J connectivity index is 1.55. The maximum absolute atomic E-state index is 12.6. The Morgan fingerprint density at radius 3 is 2.48 bits per heavy atom. The Morgan fingerprint density at radius 2 is 1.78 bits per heavy atom. The number of carbonyl (C=O) groups excluding carboxylic acids is 1. The Bertz CT molecular complexity index is 1180. The van der Waals surface area contributed by atoms with Crippen molar-refractivity contribution in [1.29, 1.82) is 0 Å². The molecule has 4 rings (SSSR count). The topological polar surface area (TPSA) is 121 Å². The van der Waals surface area contributed by atoms with Gasteiger partial charge < -0.3 is 10.3 Å². The number of nitrogens with zero attached hydrogens (tertiary/aromatic N) is 1. The summed E-state index contributed by atoms with van der Waals surface area (Å²) in [6.45, 7) is 0. The number of H-pyrrole nitrogens is 1. The number of aromatic amines is 1. The van der Waals surface area contributed by atoms with E-state index in [1.165, 1.54) is 24.5 Å². The lowest BCUT2D eigenvalue weighted by molar-refractivity contribution is -0.117. The van der Waals surface area contributed by atoms with Crippen LogP contribution in [0.2, 0.25) is 0 Å². The van der Waals surface area contributed by atoms with Crippen LogP contribution in [0.4, 0.5) is 11.4 Å². The molecule has 1 aliphatic carbocycles. The second kappa shape index (κ2) is 6.51. The van der Waals surface area contributed by atoms with Gasteiger partial charge in [0.2, 0.25) is 5.91 Å². The number of amides is 1. The molecular formula is C18H16N4O4S. The van der Waals surface area contributed by atoms with Crippen molar-refractivity contribution >= 4 is 38.2 Å². The first-order valence-electron chi connectivity index (χ1n) is 8.33. The smallest absolute Gasteiger partial charge is 0.261 e. The minimum absolute atomic E-state index is 0.0154. The molecule has 27 heavy (non-hydrogen) atoms. The number of aromatic nitrogens is 2. The molecule has 0 atom stereocenters. The molecular weight excluding hydrogens is 368 g/mol. The third-order valence-corrected chi connectivity index (χ3v) is 5.65. The van der Waals surface area contributed by atoms with Crippen LogP contribution >= 0.6 is 0 Å². The average molecular weight is 384 g/mol. The molecule has 1 aromatic heterocycles. The number of sulfonamides is 1. The number of benzene rings is 2. The van der Waals surface area contributed by atoms with Gasteiger partial charge in [-0.2, -0.15) is 0 Å². The van der Waals surface area contributed by atoms with Gasteiger partial charge in [0, 0.05) is 17.3 Å². The van der Waals surface area contributed by atoms with Crippen LogP contribution < -0.4 is 15.6 Å². The number of carbonyl (C=O) groups is 1. The van der Waals surface area contributed by atoms with Crippen LogP contribution in [0.5, 0.6) is 0 Å². The summed E-state index contributed by atoms with van der Waals surface area (Å²) >= 11 is 0. The summed E-state index contributed by atoms with van der Waals surface area (Å²) in [6, 6.07) is 10.6. The van der Waals surface area contributed by atoms with Gasteiger partial charge in [-0.1, -0.05) is 0 Å². The minimum Gasteiger partial charge on any atom is -0.326 e. The minimum atomic E-state index is -3.88. The molecule has 138 valence electrons. The predicted octanol–water partition coefficient (Wildman–Crippen LogP) is 2.07. The molecule has 1 saturated carbocycles. The van der Waals surface area contributed by atoms with E-state index in [1.54, 1.807) is 24.3 Å². The summed E-state index contributed by atoms with van der Waals surface area (Å²) in [7, 11) is -3.88. The van der Waals surface area contributed by atoms with Crippen LogP contribution in [0.25, 0.3) is 10.9 Å². The summed E-state index contributed by atoms with van der Waals surface area (Å²) in [5, 5.41) is 2.98. The molecule has 0 bridgehead atoms. The molecule has 1 aliphatic rings. The number of fused-ring (bicyclic) bond motifs is 1. The highest BCUT2D eigenvalue weighted by molar-refractivity contribution is 7.92. The van der Waals surface area contributed by atoms with E-state index < -0.39 is 15.6 Å². The first-order chi connectivity index (χ1) is 12.9. The van der Waals surface area contributed by atoms with E-state index in [9.17, 15) is 18.0 Å². The van der Waals surface area contributed by atoms with Crippen LogP contribution in [0.3, 0.4) is 0 Å². The lowest BCUT2D eigenvalue weighted by Gasteiger charge is -2.10. The number of hydrogen-bond donors (Lipinski definition) is 3. The molecule has 0 saturated heterocycles. The van der Waals surface area contributed by atoms with Crippen LogP contribution in [0.1, 0.15) is 12.8 Å². The fourth-order valence-electron chi connectivity index (χ4n) is 2.64. The van der Waals surface area contributed by atoms with Crippen molar-refractivity contribution in [3.63, 3.8) is 0 Å². The normalized spacial score (nSPS) is 14.1. The van der Waals surface area contributed by atoms with Crippen molar-refractivity contribution in [2.24, 2.45) is 5.92 Å². The zero-order valence-corrected chi connectivity index (χ0v) is 14.9.